The molecular formula is C81H51Cl5F18N2O23. The van der Waals surface area contributed by atoms with E-state index in [1.807, 2.05) is 20.8 Å². The number of fused-ring (bicyclic) bond motifs is 7. The van der Waals surface area contributed by atoms with Gasteiger partial charge in [-0.1, -0.05) is 103 Å². The van der Waals surface area contributed by atoms with E-state index in [4.69, 9.17) is 117 Å². The van der Waals surface area contributed by atoms with E-state index in [9.17, 15) is 128 Å². The molecule has 0 saturated heterocycles. The molecule has 0 aromatic heterocycles. The zero-order chi connectivity index (χ0) is 96.5. The molecule has 6 atom stereocenters. The Kier molecular flexibility index (Phi) is 29.4. The van der Waals surface area contributed by atoms with E-state index in [0.29, 0.717) is 26.7 Å². The molecule has 0 saturated carbocycles. The lowest BCUT2D eigenvalue weighted by Gasteiger charge is -2.29. The number of hydrogen-bond donors (Lipinski definition) is 6. The van der Waals surface area contributed by atoms with Crippen LogP contribution in [0.1, 0.15) is 65.3 Å². The fraction of sp³-hybridized carbons (Fsp3) is 0.210. The van der Waals surface area contributed by atoms with E-state index in [1.54, 1.807) is 30.3 Å². The molecule has 0 spiro atoms. The van der Waals surface area contributed by atoms with Crippen LogP contribution in [0.25, 0.3) is 47.2 Å². The molecule has 8 aromatic rings. The van der Waals surface area contributed by atoms with Gasteiger partial charge in [-0.15, -0.1) is 0 Å². The first-order valence-corrected chi connectivity index (χ1v) is 37.1. The van der Waals surface area contributed by atoms with Gasteiger partial charge in [0.1, 0.15) is 46.0 Å². The van der Waals surface area contributed by atoms with Gasteiger partial charge in [0.15, 0.2) is 0 Å². The van der Waals surface area contributed by atoms with Crippen LogP contribution < -0.4 is 33.2 Å². The molecule has 129 heavy (non-hydrogen) atoms. The third kappa shape index (κ3) is 24.0. The summed E-state index contributed by atoms with van der Waals surface area (Å²) in [4.78, 5) is 85.8. The lowest BCUT2D eigenvalue weighted by Crippen LogP contribution is -2.40. The molecule has 0 aliphatic carbocycles. The minimum Gasteiger partial charge on any atom is -0.478 e. The predicted molar refractivity (Wildman–Crippen MR) is 421 cm³/mol. The van der Waals surface area contributed by atoms with Gasteiger partial charge in [0.05, 0.1) is 53.3 Å². The summed E-state index contributed by atoms with van der Waals surface area (Å²) >= 11 is 29.4. The average Bonchev–Trinajstić information content (AvgIpc) is 0.827. The van der Waals surface area contributed by atoms with Gasteiger partial charge < -0.3 is 63.8 Å². The number of alkyl halides is 18. The number of ether oxygens (including phenoxy) is 7. The molecule has 0 amide bonds. The van der Waals surface area contributed by atoms with Crippen LogP contribution in [0.4, 0.5) is 90.4 Å². The van der Waals surface area contributed by atoms with Crippen LogP contribution in [0.15, 0.2) is 161 Å². The molecule has 6 aliphatic rings. The Labute approximate surface area is 733 Å². The van der Waals surface area contributed by atoms with Crippen molar-refractivity contribution in [3.8, 4) is 46.0 Å². The number of nitro groups is 2. The maximum Gasteiger partial charge on any atom is 0.430 e. The van der Waals surface area contributed by atoms with Gasteiger partial charge in [-0.25, -0.2) is 28.8 Å². The Balaban J connectivity index is 0.000000176. The number of aryl methyl sites for hydroxylation is 1. The molecule has 0 radical (unpaired) electrons. The van der Waals surface area contributed by atoms with E-state index in [2.05, 4.69) is 4.74 Å². The number of hydrogen-bond acceptors (Lipinski definition) is 17. The molecule has 25 nitrogen and oxygen atoms in total. The first kappa shape index (κ1) is 99.6. The van der Waals surface area contributed by atoms with E-state index in [0.717, 1.165) is 71.5 Å². The van der Waals surface area contributed by atoms with Gasteiger partial charge in [-0.3, -0.25) is 20.2 Å². The first-order chi connectivity index (χ1) is 59.4. The molecule has 6 N–H and O–H groups in total. The van der Waals surface area contributed by atoms with Crippen molar-refractivity contribution in [2.24, 2.45) is 0 Å². The molecule has 6 heterocycles. The lowest BCUT2D eigenvalue weighted by atomic mass is 9.85. The Morgan fingerprint density at radius 1 is 0.349 bits per heavy atom. The SMILES string of the molecule is CC(C)(C)c1cc2c(cc1Cl)C=C(C(=O)O)[C@@H](C(F)(F)F)O2.Cc1cc(Cl)cc2c1OC(C(F)(F)F)C(C(=O)O)=C2.O=C(O)C1=Cc2cc(Cl)c(Oc3ccc([N+](=O)[O-])cc3)cc2OC1C(F)(F)F.O=C(O)C1=Cc2cc(Cl)cc(Cl)c2O[C@@H]1C(F)(F)F.O=C(O)C1=Cc2cc([N+](=O)[O-])ccc2OC1C(F)(F)F.O=C(O)C1=Cc2cc3ccccc3cc2OC1C(F)(F)F. The summed E-state index contributed by atoms with van der Waals surface area (Å²) in [6.45, 7) is 7.13. The van der Waals surface area contributed by atoms with Gasteiger partial charge in [0.2, 0.25) is 36.6 Å². The number of carbonyl (C=O) groups is 6. The number of non-ortho nitro benzene ring substituents is 2. The molecule has 4 unspecified atom stereocenters. The molecule has 0 fully saturated rings. The van der Waals surface area contributed by atoms with Crippen LogP contribution in [0, 0.1) is 27.2 Å². The third-order valence-corrected chi connectivity index (χ3v) is 19.2. The highest BCUT2D eigenvalue weighted by atomic mass is 35.5. The van der Waals surface area contributed by atoms with E-state index >= 15 is 0 Å². The summed E-state index contributed by atoms with van der Waals surface area (Å²) in [5, 5.41) is 76.9. The molecule has 0 bridgehead atoms. The van der Waals surface area contributed by atoms with Gasteiger partial charge in [-0.05, 0) is 143 Å². The standard InChI is InChI=1S/C17H9ClF3NO6.C15H14ClF3O3.C15H9F3O3.C12H8ClF3O3.C11H5Cl2F3O3.C11H6F3NO5/c18-12-6-8-5-11(16(23)24)15(17(19,20)21)28-13(8)7-14(12)27-10-3-1-9(2-4-10)22(25)26;1-14(2,3)9-6-11-7(5-10(9)16)4-8(13(20)21)12(22-11)15(17,18)19;16-15(17,18)13-11(14(19)20)6-10-5-8-3-1-2-4-9(8)7-12(10)21-13;1-5-2-7(13)3-6-4-8(11(17)18)10(12(14,15)16)19-9(5)6;12-5-1-4-2-6(10(17)18)9(11(14,15)16)19-8(4)7(13)3-5;12-11(13,14)9-7(10(16)17)4-5-3-6(15(18)19)1-2-8(5)20-9/h1-7,15H,(H,23,24);4-6,12H,1-3H3,(H,20,21);1-7,13H,(H,19,20);2-4,10H,1H3,(H,17,18);1-3,9H,(H,17,18);1-4,9H,(H,16,17)/t;12-;;;9-;/m.0..0./s1. The van der Waals surface area contributed by atoms with E-state index in [-0.39, 0.29) is 106 Å². The maximum atomic E-state index is 13.1. The molecule has 684 valence electrons. The number of rotatable bonds is 10. The largest absolute Gasteiger partial charge is 0.478 e. The second-order valence-electron chi connectivity index (χ2n) is 28.1. The van der Waals surface area contributed by atoms with Gasteiger partial charge in [-0.2, -0.15) is 79.0 Å². The Morgan fingerprint density at radius 2 is 0.667 bits per heavy atom. The minimum absolute atomic E-state index is 0.00303. The number of carboxylic acid groups (broad SMARTS) is 6. The van der Waals surface area contributed by atoms with Crippen molar-refractivity contribution in [1.29, 1.82) is 0 Å². The second-order valence-corrected chi connectivity index (χ2v) is 30.2. The summed E-state index contributed by atoms with van der Waals surface area (Å²) < 4.78 is 266. The summed E-state index contributed by atoms with van der Waals surface area (Å²) in [5.74, 6) is -11.0. The van der Waals surface area contributed by atoms with Gasteiger partial charge >= 0.3 is 72.9 Å². The Bertz CT molecular complexity index is 5950. The normalized spacial score (nSPS) is 17.6. The number of nitro benzene ring substituents is 2. The fourth-order valence-corrected chi connectivity index (χ4v) is 13.7. The Morgan fingerprint density at radius 3 is 1.05 bits per heavy atom. The van der Waals surface area contributed by atoms with Crippen molar-refractivity contribution in [3.63, 3.8) is 0 Å². The van der Waals surface area contributed by atoms with Crippen LogP contribution >= 0.6 is 58.0 Å². The summed E-state index contributed by atoms with van der Waals surface area (Å²) in [6, 6.07) is 28.5. The van der Waals surface area contributed by atoms with Crippen LogP contribution in [-0.2, 0) is 34.2 Å². The van der Waals surface area contributed by atoms with E-state index in [1.165, 1.54) is 79.7 Å². The summed E-state index contributed by atoms with van der Waals surface area (Å²) in [7, 11) is 0. The molecular weight excluding hydrogens is 1890 g/mol. The van der Waals surface area contributed by atoms with Crippen LogP contribution in [0.2, 0.25) is 25.1 Å². The number of nitrogens with zero attached hydrogens (tertiary/aromatic N) is 2. The second kappa shape index (κ2) is 38.0. The zero-order valence-corrected chi connectivity index (χ0v) is 68.0. The number of halogens is 23. The zero-order valence-electron chi connectivity index (χ0n) is 64.3. The third-order valence-electron chi connectivity index (χ3n) is 17.9. The molecule has 6 aliphatic heterocycles. The number of carboxylic acids is 6. The molecule has 14 rings (SSSR count). The van der Waals surface area contributed by atoms with E-state index < -0.39 is 153 Å². The van der Waals surface area contributed by atoms with Crippen LogP contribution in [0.5, 0.6) is 46.0 Å². The highest BCUT2D eigenvalue weighted by Gasteiger charge is 2.54. The summed E-state index contributed by atoms with van der Waals surface area (Å²) in [5.41, 5.74) is -4.53. The van der Waals surface area contributed by atoms with Crippen molar-refractivity contribution in [3.05, 3.63) is 251 Å². The Hall–Kier alpha value is -13.1. The van der Waals surface area contributed by atoms with Crippen LogP contribution in [-0.4, -0.2) is 150 Å². The molecule has 8 aromatic carbocycles. The topological polar surface area (TPSA) is 375 Å². The quantitative estimate of drug-likeness (QED) is 0.0421. The fourth-order valence-electron chi connectivity index (χ4n) is 12.2. The summed E-state index contributed by atoms with van der Waals surface area (Å²) in [6.07, 6.45) is -39.0. The minimum atomic E-state index is -4.94. The van der Waals surface area contributed by atoms with Crippen LogP contribution in [0.3, 0.4) is 0 Å². The van der Waals surface area contributed by atoms with Crippen molar-refractivity contribution in [1.82, 2.24) is 0 Å². The lowest BCUT2D eigenvalue weighted by molar-refractivity contribution is -0.385. The number of benzene rings is 8. The smallest absolute Gasteiger partial charge is 0.430 e. The predicted octanol–water partition coefficient (Wildman–Crippen LogP) is 22.5. The average molecular weight is 1940 g/mol. The first-order valence-electron chi connectivity index (χ1n) is 35.2. The van der Waals surface area contributed by atoms with Crippen molar-refractivity contribution in [2.45, 2.75) is 107 Å². The van der Waals surface area contributed by atoms with Gasteiger partial charge in [0.25, 0.3) is 11.4 Å². The van der Waals surface area contributed by atoms with Crippen molar-refractivity contribution < 1.29 is 181 Å². The van der Waals surface area contributed by atoms with Crippen molar-refractivity contribution in [2.75, 3.05) is 0 Å². The van der Waals surface area contributed by atoms with Gasteiger partial charge in [0, 0.05) is 78.8 Å². The maximum absolute atomic E-state index is 13.1. The number of aliphatic carboxylic acids is 6. The monoisotopic (exact) mass is 1940 g/mol. The highest BCUT2D eigenvalue weighted by molar-refractivity contribution is 6.36. The van der Waals surface area contributed by atoms with Crippen molar-refractivity contribution >= 4 is 152 Å². The highest BCUT2D eigenvalue weighted by Crippen LogP contribution is 2.49. The molecule has 48 heteroatoms.